The van der Waals surface area contributed by atoms with Crippen LogP contribution in [-0.2, 0) is 14.3 Å². The Bertz CT molecular complexity index is 1730. The number of carbonyl (C=O) groups excluding carboxylic acids is 3. The van der Waals surface area contributed by atoms with Crippen LogP contribution in [0.5, 0.6) is 0 Å². The maximum Gasteiger partial charge on any atom is 0.410 e. The van der Waals surface area contributed by atoms with Crippen LogP contribution in [0.1, 0.15) is 61.8 Å². The molecule has 2 amide bonds. The molecule has 3 heterocycles. The van der Waals surface area contributed by atoms with Crippen LogP contribution >= 0.6 is 0 Å². The van der Waals surface area contributed by atoms with E-state index in [-0.39, 0.29) is 29.3 Å². The first-order chi connectivity index (χ1) is 21.9. The van der Waals surface area contributed by atoms with Crippen LogP contribution in [0.4, 0.5) is 25.1 Å². The number of hydrogen-bond donors (Lipinski definition) is 2. The minimum Gasteiger partial charge on any atom is -0.444 e. The monoisotopic (exact) mass is 633 g/mol. The van der Waals surface area contributed by atoms with Crippen LogP contribution in [0.3, 0.4) is 0 Å². The van der Waals surface area contributed by atoms with Gasteiger partial charge in [-0.05, 0) is 45.7 Å². The first kappa shape index (κ1) is 32.0. The maximum absolute atomic E-state index is 13.7. The molecule has 12 nitrogen and oxygen atoms in total. The number of benzene rings is 2. The van der Waals surface area contributed by atoms with E-state index in [2.05, 4.69) is 20.4 Å². The summed E-state index contributed by atoms with van der Waals surface area (Å²) in [7, 11) is 0. The van der Waals surface area contributed by atoms with E-state index < -0.39 is 35.2 Å². The summed E-state index contributed by atoms with van der Waals surface area (Å²) in [5, 5.41) is 6.91. The third kappa shape index (κ3) is 7.62. The molecule has 4 aromatic rings. The maximum atomic E-state index is 13.7. The largest absolute Gasteiger partial charge is 0.444 e. The van der Waals surface area contributed by atoms with Crippen LogP contribution in [0.2, 0.25) is 0 Å². The second kappa shape index (κ2) is 13.3. The number of likely N-dealkylation sites (tertiary alicyclic amines) is 1. The summed E-state index contributed by atoms with van der Waals surface area (Å²) >= 11 is 0. The molecule has 1 aliphatic heterocycles. The van der Waals surface area contributed by atoms with Gasteiger partial charge in [-0.25, -0.2) is 28.3 Å². The van der Waals surface area contributed by atoms with Crippen molar-refractivity contribution in [1.82, 2.24) is 24.6 Å². The molecule has 46 heavy (non-hydrogen) atoms. The number of carbonyl (C=O) groups is 3. The molecule has 2 aromatic carbocycles. The average Bonchev–Trinajstić information content (AvgIpc) is 3.52. The van der Waals surface area contributed by atoms with Crippen molar-refractivity contribution in [3.63, 3.8) is 0 Å². The van der Waals surface area contributed by atoms with E-state index in [4.69, 9.17) is 15.2 Å². The Labute approximate surface area is 263 Å². The summed E-state index contributed by atoms with van der Waals surface area (Å²) < 4.78 is 40.0. The number of nitrogens with one attached hydrogen (secondary N) is 1. The molecule has 240 valence electrons. The highest BCUT2D eigenvalue weighted by Crippen LogP contribution is 2.28. The van der Waals surface area contributed by atoms with E-state index in [1.807, 2.05) is 20.8 Å². The number of nitrogen functional groups attached to an aromatic ring is 1. The molecular weight excluding hydrogens is 600 g/mol. The fourth-order valence-corrected chi connectivity index (χ4v) is 4.84. The standard InChI is InChI=1S/C32H33F2N7O5/c1-32(2,3)46-31(44)40-13-11-22(12-14-40)41-18-20(16-37-41)25-17-36-28(35)26(39-25)30(43)45-27(19-7-5-4-6-8-19)29(42)38-21-9-10-23(33)24(34)15-21/h4-10,15-18,22,27H,11-14H2,1-3H3,(H2,35,36)(H,38,42)/t27-/m1/s1. The van der Waals surface area contributed by atoms with Crippen molar-refractivity contribution in [2.24, 2.45) is 0 Å². The molecule has 0 saturated carbocycles. The first-order valence-electron chi connectivity index (χ1n) is 14.5. The van der Waals surface area contributed by atoms with Gasteiger partial charge in [-0.3, -0.25) is 9.48 Å². The lowest BCUT2D eigenvalue weighted by Gasteiger charge is -2.33. The van der Waals surface area contributed by atoms with Gasteiger partial charge in [0.05, 0.1) is 24.1 Å². The second-order valence-corrected chi connectivity index (χ2v) is 11.7. The summed E-state index contributed by atoms with van der Waals surface area (Å²) in [5.41, 5.74) is 6.24. The molecule has 14 heteroatoms. The van der Waals surface area contributed by atoms with Crippen molar-refractivity contribution >= 4 is 29.5 Å². The molecular formula is C32H33F2N7O5. The molecule has 1 atom stereocenters. The normalized spacial score (nSPS) is 14.4. The van der Waals surface area contributed by atoms with Gasteiger partial charge in [0, 0.05) is 42.2 Å². The SMILES string of the molecule is CC(C)(C)OC(=O)N1CCC(n2cc(-c3cnc(N)c(C(=O)O[C@@H](C(=O)Nc4ccc(F)c(F)c4)c4ccccc4)n3)cn2)CC1. The number of esters is 1. The number of piperidine rings is 1. The van der Waals surface area contributed by atoms with E-state index >= 15 is 0 Å². The van der Waals surface area contributed by atoms with Gasteiger partial charge >= 0.3 is 12.1 Å². The Morgan fingerprint density at radius 1 is 1.02 bits per heavy atom. The molecule has 2 aromatic heterocycles. The molecule has 1 aliphatic rings. The summed E-state index contributed by atoms with van der Waals surface area (Å²) in [5.74, 6) is -4.29. The van der Waals surface area contributed by atoms with Gasteiger partial charge < -0.3 is 25.4 Å². The molecule has 0 aliphatic carbocycles. The predicted octanol–water partition coefficient (Wildman–Crippen LogP) is 5.31. The molecule has 1 saturated heterocycles. The number of rotatable bonds is 7. The Kier molecular flexibility index (Phi) is 9.26. The zero-order chi connectivity index (χ0) is 33.0. The quantitative estimate of drug-likeness (QED) is 0.258. The molecule has 3 N–H and O–H groups in total. The van der Waals surface area contributed by atoms with E-state index in [0.29, 0.717) is 42.8 Å². The van der Waals surface area contributed by atoms with Crippen molar-refractivity contribution in [2.45, 2.75) is 51.4 Å². The minimum atomic E-state index is -1.49. The smallest absolute Gasteiger partial charge is 0.410 e. The van der Waals surface area contributed by atoms with Crippen LogP contribution in [0, 0.1) is 11.6 Å². The number of ether oxygens (including phenoxy) is 2. The fourth-order valence-electron chi connectivity index (χ4n) is 4.84. The van der Waals surface area contributed by atoms with Crippen molar-refractivity contribution in [3.05, 3.63) is 90.0 Å². The number of hydrogen-bond acceptors (Lipinski definition) is 9. The number of aromatic nitrogens is 4. The van der Waals surface area contributed by atoms with Crippen LogP contribution in [0.15, 0.2) is 67.1 Å². The third-order valence-corrected chi connectivity index (χ3v) is 7.13. The Morgan fingerprint density at radius 3 is 2.41 bits per heavy atom. The van der Waals surface area contributed by atoms with Gasteiger partial charge in [0.25, 0.3) is 5.91 Å². The molecule has 1 fully saturated rings. The molecule has 0 radical (unpaired) electrons. The topological polar surface area (TPSA) is 155 Å². The summed E-state index contributed by atoms with van der Waals surface area (Å²) in [6, 6.07) is 11.0. The highest BCUT2D eigenvalue weighted by Gasteiger charge is 2.30. The number of nitrogens with two attached hydrogens (primary N) is 1. The average molecular weight is 634 g/mol. The number of nitrogens with zero attached hydrogens (tertiary/aromatic N) is 5. The van der Waals surface area contributed by atoms with Crippen molar-refractivity contribution in [2.75, 3.05) is 24.1 Å². The van der Waals surface area contributed by atoms with Crippen molar-refractivity contribution in [1.29, 1.82) is 0 Å². The lowest BCUT2D eigenvalue weighted by molar-refractivity contribution is -0.125. The number of halogens is 2. The number of anilines is 2. The predicted molar refractivity (Wildman–Crippen MR) is 163 cm³/mol. The minimum absolute atomic E-state index is 0.0262. The van der Waals surface area contributed by atoms with Crippen LogP contribution < -0.4 is 11.1 Å². The third-order valence-electron chi connectivity index (χ3n) is 7.13. The van der Waals surface area contributed by atoms with E-state index in [0.717, 1.165) is 12.1 Å². The van der Waals surface area contributed by atoms with Crippen molar-refractivity contribution < 1.29 is 32.6 Å². The zero-order valence-electron chi connectivity index (χ0n) is 25.4. The highest BCUT2D eigenvalue weighted by molar-refractivity contribution is 5.99. The second-order valence-electron chi connectivity index (χ2n) is 11.7. The lowest BCUT2D eigenvalue weighted by Crippen LogP contribution is -2.42. The van der Waals surface area contributed by atoms with Gasteiger partial charge in [-0.15, -0.1) is 0 Å². The molecule has 5 rings (SSSR count). The molecule has 0 spiro atoms. The Balaban J connectivity index is 1.30. The summed E-state index contributed by atoms with van der Waals surface area (Å²) in [6.07, 6.45) is 4.24. The van der Waals surface area contributed by atoms with E-state index in [1.165, 1.54) is 12.3 Å². The lowest BCUT2D eigenvalue weighted by atomic mass is 10.1. The van der Waals surface area contributed by atoms with Crippen LogP contribution in [-0.4, -0.2) is 61.3 Å². The molecule has 0 bridgehead atoms. The molecule has 0 unspecified atom stereocenters. The Hall–Kier alpha value is -5.40. The van der Waals surface area contributed by atoms with Gasteiger partial charge in [-0.1, -0.05) is 30.3 Å². The van der Waals surface area contributed by atoms with E-state index in [9.17, 15) is 23.2 Å². The highest BCUT2D eigenvalue weighted by atomic mass is 19.2. The summed E-state index contributed by atoms with van der Waals surface area (Å²) in [4.78, 5) is 49.1. The zero-order valence-corrected chi connectivity index (χ0v) is 25.4. The first-order valence-corrected chi connectivity index (χ1v) is 14.5. The van der Waals surface area contributed by atoms with Crippen LogP contribution in [0.25, 0.3) is 11.3 Å². The Morgan fingerprint density at radius 2 is 1.74 bits per heavy atom. The van der Waals surface area contributed by atoms with Gasteiger partial charge in [0.2, 0.25) is 6.10 Å². The van der Waals surface area contributed by atoms with Crippen molar-refractivity contribution in [3.8, 4) is 11.3 Å². The summed E-state index contributed by atoms with van der Waals surface area (Å²) in [6.45, 7) is 6.50. The van der Waals surface area contributed by atoms with Gasteiger partial charge in [0.1, 0.15) is 5.60 Å². The van der Waals surface area contributed by atoms with Gasteiger partial charge in [0.15, 0.2) is 23.1 Å². The number of amides is 2. The van der Waals surface area contributed by atoms with E-state index in [1.54, 1.807) is 52.3 Å². The fraction of sp³-hybridized carbons (Fsp3) is 0.312. The van der Waals surface area contributed by atoms with Gasteiger partial charge in [-0.2, -0.15) is 5.10 Å².